The fourth-order valence-electron chi connectivity index (χ4n) is 2.21. The van der Waals surface area contributed by atoms with Crippen LogP contribution < -0.4 is 15.0 Å². The number of hydrogen-bond acceptors (Lipinski definition) is 4. The molecule has 1 aromatic heterocycles. The van der Waals surface area contributed by atoms with Gasteiger partial charge in [0.25, 0.3) is 11.8 Å². The maximum absolute atomic E-state index is 12.0. The van der Waals surface area contributed by atoms with Crippen molar-refractivity contribution in [2.75, 3.05) is 18.6 Å². The number of fused-ring (bicyclic) bond motifs is 1. The summed E-state index contributed by atoms with van der Waals surface area (Å²) < 4.78 is 5.37. The highest BCUT2D eigenvalue weighted by molar-refractivity contribution is 5.97. The molecule has 2 amide bonds. The van der Waals surface area contributed by atoms with E-state index in [1.807, 2.05) is 18.2 Å². The molecule has 1 aliphatic heterocycles. The Morgan fingerprint density at radius 3 is 3.05 bits per heavy atom. The van der Waals surface area contributed by atoms with Gasteiger partial charge in [-0.3, -0.25) is 14.6 Å². The molecule has 1 aliphatic rings. The van der Waals surface area contributed by atoms with Crippen LogP contribution in [0.1, 0.15) is 15.9 Å². The quantitative estimate of drug-likeness (QED) is 0.928. The van der Waals surface area contributed by atoms with Crippen LogP contribution in [0.3, 0.4) is 0 Å². The standard InChI is InChI=1S/C16H15N3O3/c1-19-13-7-11(4-5-14(13)22-10-15(19)20)8-18-16(21)12-3-2-6-17-9-12/h2-7,9H,8,10H2,1H3,(H,18,21). The number of amides is 2. The Kier molecular flexibility index (Phi) is 3.74. The van der Waals surface area contributed by atoms with Crippen LogP contribution in [0, 0.1) is 0 Å². The Bertz CT molecular complexity index is 716. The third kappa shape index (κ3) is 2.76. The molecule has 0 unspecified atom stereocenters. The van der Waals surface area contributed by atoms with Crippen LogP contribution in [-0.4, -0.2) is 30.5 Å². The maximum Gasteiger partial charge on any atom is 0.264 e. The number of carbonyl (C=O) groups excluding carboxylic acids is 2. The van der Waals surface area contributed by atoms with E-state index in [2.05, 4.69) is 10.3 Å². The molecule has 0 aliphatic carbocycles. The summed E-state index contributed by atoms with van der Waals surface area (Å²) in [7, 11) is 1.71. The number of benzene rings is 1. The molecule has 0 bridgehead atoms. The number of ether oxygens (including phenoxy) is 1. The van der Waals surface area contributed by atoms with Crippen molar-refractivity contribution in [3.63, 3.8) is 0 Å². The summed E-state index contributed by atoms with van der Waals surface area (Å²) in [6, 6.07) is 8.94. The summed E-state index contributed by atoms with van der Waals surface area (Å²) in [5.41, 5.74) is 2.11. The number of hydrogen-bond donors (Lipinski definition) is 1. The third-order valence-electron chi connectivity index (χ3n) is 3.49. The van der Waals surface area contributed by atoms with Gasteiger partial charge in [-0.2, -0.15) is 0 Å². The minimum atomic E-state index is -0.188. The molecular weight excluding hydrogens is 282 g/mol. The topological polar surface area (TPSA) is 71.5 Å². The van der Waals surface area contributed by atoms with Gasteiger partial charge in [-0.05, 0) is 29.8 Å². The first-order valence-electron chi connectivity index (χ1n) is 6.85. The normalized spacial score (nSPS) is 13.3. The van der Waals surface area contributed by atoms with Crippen molar-refractivity contribution in [2.24, 2.45) is 0 Å². The lowest BCUT2D eigenvalue weighted by atomic mass is 10.1. The van der Waals surface area contributed by atoms with Crippen LogP contribution in [-0.2, 0) is 11.3 Å². The minimum absolute atomic E-state index is 0.0561. The average molecular weight is 297 g/mol. The third-order valence-corrected chi connectivity index (χ3v) is 3.49. The molecule has 6 heteroatoms. The highest BCUT2D eigenvalue weighted by Gasteiger charge is 2.22. The number of aromatic nitrogens is 1. The van der Waals surface area contributed by atoms with Crippen LogP contribution in [0.15, 0.2) is 42.7 Å². The van der Waals surface area contributed by atoms with Crippen molar-refractivity contribution >= 4 is 17.5 Å². The summed E-state index contributed by atoms with van der Waals surface area (Å²) >= 11 is 0. The molecule has 2 aromatic rings. The van der Waals surface area contributed by atoms with Crippen molar-refractivity contribution in [3.8, 4) is 5.75 Å². The van der Waals surface area contributed by atoms with Crippen LogP contribution in [0.2, 0.25) is 0 Å². The van der Waals surface area contributed by atoms with Crippen molar-refractivity contribution in [3.05, 3.63) is 53.9 Å². The Morgan fingerprint density at radius 2 is 2.27 bits per heavy atom. The Labute approximate surface area is 127 Å². The second kappa shape index (κ2) is 5.85. The maximum atomic E-state index is 12.0. The zero-order valence-corrected chi connectivity index (χ0v) is 12.1. The minimum Gasteiger partial charge on any atom is -0.482 e. The number of pyridine rings is 1. The van der Waals surface area contributed by atoms with Crippen LogP contribution in [0.4, 0.5) is 5.69 Å². The van der Waals surface area contributed by atoms with E-state index in [-0.39, 0.29) is 18.4 Å². The molecule has 0 saturated carbocycles. The van der Waals surface area contributed by atoms with Gasteiger partial charge in [0.05, 0.1) is 11.3 Å². The van der Waals surface area contributed by atoms with Crippen molar-refractivity contribution in [1.29, 1.82) is 0 Å². The summed E-state index contributed by atoms with van der Waals surface area (Å²) in [5.74, 6) is 0.389. The fourth-order valence-corrected chi connectivity index (χ4v) is 2.21. The van der Waals surface area contributed by atoms with Crippen LogP contribution in [0.25, 0.3) is 0 Å². The monoisotopic (exact) mass is 297 g/mol. The highest BCUT2D eigenvalue weighted by atomic mass is 16.5. The summed E-state index contributed by atoms with van der Waals surface area (Å²) in [4.78, 5) is 29.1. The van der Waals surface area contributed by atoms with Gasteiger partial charge in [-0.15, -0.1) is 0 Å². The largest absolute Gasteiger partial charge is 0.482 e. The lowest BCUT2D eigenvalue weighted by molar-refractivity contribution is -0.120. The van der Waals surface area contributed by atoms with Gasteiger partial charge in [0, 0.05) is 26.0 Å². The molecule has 22 heavy (non-hydrogen) atoms. The lowest BCUT2D eigenvalue weighted by Gasteiger charge is -2.26. The molecule has 1 aromatic carbocycles. The van der Waals surface area contributed by atoms with Gasteiger partial charge in [-0.1, -0.05) is 6.07 Å². The fraction of sp³-hybridized carbons (Fsp3) is 0.188. The highest BCUT2D eigenvalue weighted by Crippen LogP contribution is 2.31. The van der Waals surface area contributed by atoms with E-state index in [9.17, 15) is 9.59 Å². The molecule has 0 fully saturated rings. The Morgan fingerprint density at radius 1 is 1.41 bits per heavy atom. The molecule has 3 rings (SSSR count). The first-order chi connectivity index (χ1) is 10.6. The Hall–Kier alpha value is -2.89. The lowest BCUT2D eigenvalue weighted by Crippen LogP contribution is -2.35. The number of nitrogens with one attached hydrogen (secondary N) is 1. The van der Waals surface area contributed by atoms with E-state index in [0.717, 1.165) is 5.56 Å². The zero-order valence-electron chi connectivity index (χ0n) is 12.1. The van der Waals surface area contributed by atoms with E-state index in [4.69, 9.17) is 4.74 Å². The van der Waals surface area contributed by atoms with E-state index >= 15 is 0 Å². The Balaban J connectivity index is 1.72. The molecule has 0 atom stereocenters. The van der Waals surface area contributed by atoms with Crippen LogP contribution >= 0.6 is 0 Å². The van der Waals surface area contributed by atoms with E-state index in [1.165, 1.54) is 6.20 Å². The van der Waals surface area contributed by atoms with Gasteiger partial charge in [0.2, 0.25) is 0 Å². The molecule has 0 saturated heterocycles. The molecule has 0 spiro atoms. The molecule has 2 heterocycles. The number of anilines is 1. The van der Waals surface area contributed by atoms with Gasteiger partial charge in [-0.25, -0.2) is 0 Å². The summed E-state index contributed by atoms with van der Waals surface area (Å²) in [5, 5.41) is 2.82. The number of nitrogens with zero attached hydrogens (tertiary/aromatic N) is 2. The first-order valence-corrected chi connectivity index (χ1v) is 6.85. The van der Waals surface area contributed by atoms with E-state index < -0.39 is 0 Å². The number of rotatable bonds is 3. The van der Waals surface area contributed by atoms with E-state index in [0.29, 0.717) is 23.5 Å². The molecule has 1 N–H and O–H groups in total. The molecule has 112 valence electrons. The zero-order chi connectivity index (χ0) is 15.5. The predicted molar refractivity (Wildman–Crippen MR) is 80.8 cm³/mol. The second-order valence-corrected chi connectivity index (χ2v) is 4.97. The van der Waals surface area contributed by atoms with Crippen LogP contribution in [0.5, 0.6) is 5.75 Å². The molecule has 6 nitrogen and oxygen atoms in total. The van der Waals surface area contributed by atoms with E-state index in [1.54, 1.807) is 30.3 Å². The van der Waals surface area contributed by atoms with Gasteiger partial charge >= 0.3 is 0 Å². The van der Waals surface area contributed by atoms with Gasteiger partial charge in [0.1, 0.15) is 5.75 Å². The summed E-state index contributed by atoms with van der Waals surface area (Å²) in [6.45, 7) is 0.420. The van der Waals surface area contributed by atoms with Crippen molar-refractivity contribution in [1.82, 2.24) is 10.3 Å². The number of carbonyl (C=O) groups is 2. The van der Waals surface area contributed by atoms with Crippen molar-refractivity contribution in [2.45, 2.75) is 6.54 Å². The molecular formula is C16H15N3O3. The smallest absolute Gasteiger partial charge is 0.264 e. The molecule has 0 radical (unpaired) electrons. The SMILES string of the molecule is CN1C(=O)COc2ccc(CNC(=O)c3cccnc3)cc21. The van der Waals surface area contributed by atoms with Crippen molar-refractivity contribution < 1.29 is 14.3 Å². The number of likely N-dealkylation sites (N-methyl/N-ethyl adjacent to an activating group) is 1. The summed E-state index contributed by atoms with van der Waals surface area (Å²) in [6.07, 6.45) is 3.13. The van der Waals surface area contributed by atoms with Gasteiger partial charge < -0.3 is 15.0 Å². The average Bonchev–Trinajstić information content (AvgIpc) is 2.57. The first kappa shape index (κ1) is 14.1. The predicted octanol–water partition coefficient (Wildman–Crippen LogP) is 1.37. The van der Waals surface area contributed by atoms with Gasteiger partial charge in [0.15, 0.2) is 6.61 Å². The second-order valence-electron chi connectivity index (χ2n) is 4.97.